The van der Waals surface area contributed by atoms with E-state index in [0.29, 0.717) is 18.7 Å². The summed E-state index contributed by atoms with van der Waals surface area (Å²) >= 11 is 0. The molecule has 1 heterocycles. The zero-order valence-corrected chi connectivity index (χ0v) is 18.9. The number of carbonyl (C=O) groups excluding carboxylic acids is 1. The minimum atomic E-state index is -3.20. The third-order valence-corrected chi connectivity index (χ3v) is 5.56. The van der Waals surface area contributed by atoms with Crippen molar-refractivity contribution < 1.29 is 17.9 Å². The van der Waals surface area contributed by atoms with Gasteiger partial charge in [0, 0.05) is 18.0 Å². The van der Waals surface area contributed by atoms with E-state index in [1.807, 2.05) is 68.4 Å². The zero-order valence-electron chi connectivity index (χ0n) is 18.1. The molecule has 0 saturated carbocycles. The van der Waals surface area contributed by atoms with Crippen LogP contribution in [0.25, 0.3) is 16.9 Å². The molecule has 0 aliphatic heterocycles. The van der Waals surface area contributed by atoms with Crippen molar-refractivity contribution in [3.05, 3.63) is 65.9 Å². The largest absolute Gasteiger partial charge is 0.497 e. The highest BCUT2D eigenvalue weighted by Crippen LogP contribution is 2.26. The van der Waals surface area contributed by atoms with Crippen LogP contribution < -0.4 is 9.46 Å². The number of nitrogens with zero attached hydrogens (tertiary/aromatic N) is 2. The average molecular weight is 442 g/mol. The second kappa shape index (κ2) is 9.45. The number of carbonyl (C=O) groups is 1. The van der Waals surface area contributed by atoms with Gasteiger partial charge in [-0.15, -0.1) is 0 Å². The van der Waals surface area contributed by atoms with Crippen molar-refractivity contribution in [3.63, 3.8) is 0 Å². The number of ketones is 1. The molecule has 0 saturated heterocycles. The number of methoxy groups -OCH3 is 1. The van der Waals surface area contributed by atoms with Gasteiger partial charge in [-0.05, 0) is 42.3 Å². The topological polar surface area (TPSA) is 90.3 Å². The summed E-state index contributed by atoms with van der Waals surface area (Å²) in [5, 5.41) is 4.58. The molecule has 31 heavy (non-hydrogen) atoms. The summed E-state index contributed by atoms with van der Waals surface area (Å²) in [6.45, 7) is 4.05. The van der Waals surface area contributed by atoms with E-state index in [2.05, 4.69) is 9.82 Å². The summed E-state index contributed by atoms with van der Waals surface area (Å²) in [5.74, 6) is 0.566. The monoisotopic (exact) mass is 441 g/mol. The van der Waals surface area contributed by atoms with Crippen LogP contribution in [0.3, 0.4) is 0 Å². The molecule has 164 valence electrons. The molecule has 1 N–H and O–H groups in total. The van der Waals surface area contributed by atoms with Gasteiger partial charge < -0.3 is 4.74 Å². The number of hydrogen-bond acceptors (Lipinski definition) is 5. The lowest BCUT2D eigenvalue weighted by Gasteiger charge is -2.09. The Kier molecular flexibility index (Phi) is 6.92. The summed E-state index contributed by atoms with van der Waals surface area (Å²) in [4.78, 5) is 12.6. The summed E-state index contributed by atoms with van der Waals surface area (Å²) in [5.41, 5.74) is 3.96. The van der Waals surface area contributed by atoms with Crippen LogP contribution >= 0.6 is 0 Å². The van der Waals surface area contributed by atoms with Gasteiger partial charge in [0.1, 0.15) is 11.4 Å². The lowest BCUT2D eigenvalue weighted by atomic mass is 10.0. The third kappa shape index (κ3) is 5.80. The Morgan fingerprint density at radius 1 is 1.10 bits per heavy atom. The molecule has 0 spiro atoms. The third-order valence-electron chi connectivity index (χ3n) is 4.83. The van der Waals surface area contributed by atoms with Crippen LogP contribution in [0.15, 0.2) is 54.6 Å². The molecule has 3 aromatic rings. The van der Waals surface area contributed by atoms with Crippen LogP contribution in [0.4, 0.5) is 0 Å². The highest BCUT2D eigenvalue weighted by atomic mass is 32.2. The minimum absolute atomic E-state index is 0.0167. The number of benzene rings is 2. The second-order valence-corrected chi connectivity index (χ2v) is 9.49. The maximum atomic E-state index is 12.6. The summed E-state index contributed by atoms with van der Waals surface area (Å²) in [6.07, 6.45) is 1.73. The lowest BCUT2D eigenvalue weighted by molar-refractivity contribution is 0.0934. The Labute approximate surface area is 183 Å². The molecular weight excluding hydrogens is 414 g/mol. The van der Waals surface area contributed by atoms with Crippen LogP contribution in [0.1, 0.15) is 29.9 Å². The summed E-state index contributed by atoms with van der Waals surface area (Å²) in [6, 6.07) is 17.1. The van der Waals surface area contributed by atoms with Crippen molar-refractivity contribution in [2.75, 3.05) is 19.9 Å². The van der Waals surface area contributed by atoms with E-state index in [9.17, 15) is 13.2 Å². The first kappa shape index (κ1) is 22.7. The van der Waals surface area contributed by atoms with E-state index in [0.717, 1.165) is 34.5 Å². The molecule has 0 radical (unpaired) electrons. The van der Waals surface area contributed by atoms with E-state index in [4.69, 9.17) is 4.74 Å². The van der Waals surface area contributed by atoms with Crippen molar-refractivity contribution in [1.29, 1.82) is 0 Å². The van der Waals surface area contributed by atoms with Crippen LogP contribution in [0, 0.1) is 5.92 Å². The van der Waals surface area contributed by atoms with Gasteiger partial charge in [-0.1, -0.05) is 38.1 Å². The van der Waals surface area contributed by atoms with Gasteiger partial charge in [0.25, 0.3) is 0 Å². The molecule has 2 aromatic carbocycles. The molecule has 0 atom stereocenters. The first-order valence-corrected chi connectivity index (χ1v) is 11.9. The Morgan fingerprint density at radius 3 is 2.29 bits per heavy atom. The van der Waals surface area contributed by atoms with Gasteiger partial charge in [0.15, 0.2) is 5.78 Å². The molecule has 0 unspecified atom stereocenters. The van der Waals surface area contributed by atoms with Crippen molar-refractivity contribution in [1.82, 2.24) is 14.5 Å². The smallest absolute Gasteiger partial charge is 0.208 e. The first-order chi connectivity index (χ1) is 14.7. The molecule has 3 rings (SSSR count). The van der Waals surface area contributed by atoms with Gasteiger partial charge >= 0.3 is 0 Å². The Morgan fingerprint density at radius 2 is 1.74 bits per heavy atom. The highest BCUT2D eigenvalue weighted by Gasteiger charge is 2.19. The standard InChI is InChI=1S/C23H27N3O4S/c1-16(2)23(27)21-15-22(26(25-21)19-9-11-20(30-3)12-10-19)18-7-5-17(6-8-18)13-14-24-31(4,28)29/h5-12,15-16,24H,13-14H2,1-4H3. The number of ether oxygens (including phenoxy) is 1. The molecule has 0 aliphatic rings. The average Bonchev–Trinajstić information content (AvgIpc) is 3.18. The Hall–Kier alpha value is -2.97. The number of nitrogens with one attached hydrogen (secondary N) is 1. The van der Waals surface area contributed by atoms with Crippen molar-refractivity contribution in [3.8, 4) is 22.7 Å². The minimum Gasteiger partial charge on any atom is -0.497 e. The molecule has 0 amide bonds. The maximum absolute atomic E-state index is 12.6. The second-order valence-electron chi connectivity index (χ2n) is 7.66. The number of Topliss-reactive ketones (excluding diaryl/α,β-unsaturated/α-hetero) is 1. The van der Waals surface area contributed by atoms with Crippen molar-refractivity contribution in [2.24, 2.45) is 5.92 Å². The molecule has 0 fully saturated rings. The van der Waals surface area contributed by atoms with Gasteiger partial charge in [-0.25, -0.2) is 17.8 Å². The number of sulfonamides is 1. The fraction of sp³-hybridized carbons (Fsp3) is 0.304. The predicted octanol–water partition coefficient (Wildman–Crippen LogP) is 3.48. The van der Waals surface area contributed by atoms with E-state index in [1.54, 1.807) is 11.8 Å². The highest BCUT2D eigenvalue weighted by molar-refractivity contribution is 7.88. The van der Waals surface area contributed by atoms with E-state index in [1.165, 1.54) is 0 Å². The molecule has 7 nitrogen and oxygen atoms in total. The van der Waals surface area contributed by atoms with Crippen molar-refractivity contribution in [2.45, 2.75) is 20.3 Å². The van der Waals surface area contributed by atoms with E-state index < -0.39 is 10.0 Å². The zero-order chi connectivity index (χ0) is 22.6. The quantitative estimate of drug-likeness (QED) is 0.514. The number of aromatic nitrogens is 2. The lowest BCUT2D eigenvalue weighted by Crippen LogP contribution is -2.24. The number of hydrogen-bond donors (Lipinski definition) is 1. The normalized spacial score (nSPS) is 11.6. The van der Waals surface area contributed by atoms with Crippen LogP contribution in [-0.4, -0.2) is 43.9 Å². The van der Waals surface area contributed by atoms with E-state index >= 15 is 0 Å². The van der Waals surface area contributed by atoms with Gasteiger partial charge in [0.2, 0.25) is 10.0 Å². The first-order valence-electron chi connectivity index (χ1n) is 10.0. The Balaban J connectivity index is 1.93. The van der Waals surface area contributed by atoms with Gasteiger partial charge in [0.05, 0.1) is 24.7 Å². The van der Waals surface area contributed by atoms with E-state index in [-0.39, 0.29) is 11.7 Å². The van der Waals surface area contributed by atoms with Crippen LogP contribution in [-0.2, 0) is 16.4 Å². The SMILES string of the molecule is COc1ccc(-n2nc(C(=O)C(C)C)cc2-c2ccc(CCNS(C)(=O)=O)cc2)cc1. The molecular formula is C23H27N3O4S. The van der Waals surface area contributed by atoms with Crippen LogP contribution in [0.5, 0.6) is 5.75 Å². The molecule has 0 bridgehead atoms. The van der Waals surface area contributed by atoms with Crippen molar-refractivity contribution >= 4 is 15.8 Å². The Bertz CT molecular complexity index is 1150. The summed E-state index contributed by atoms with van der Waals surface area (Å²) < 4.78 is 31.9. The predicted molar refractivity (Wildman–Crippen MR) is 121 cm³/mol. The fourth-order valence-corrected chi connectivity index (χ4v) is 3.62. The summed E-state index contributed by atoms with van der Waals surface area (Å²) in [7, 11) is -1.59. The molecule has 1 aromatic heterocycles. The number of rotatable bonds is 9. The van der Waals surface area contributed by atoms with Gasteiger partial charge in [-0.2, -0.15) is 5.10 Å². The molecule has 0 aliphatic carbocycles. The fourth-order valence-electron chi connectivity index (χ4n) is 3.15. The maximum Gasteiger partial charge on any atom is 0.208 e. The van der Waals surface area contributed by atoms with Crippen LogP contribution in [0.2, 0.25) is 0 Å². The molecule has 8 heteroatoms. The van der Waals surface area contributed by atoms with Gasteiger partial charge in [-0.3, -0.25) is 4.79 Å².